The quantitative estimate of drug-likeness (QED) is 0.705. The van der Waals surface area contributed by atoms with Gasteiger partial charge in [-0.05, 0) is 30.8 Å². The van der Waals surface area contributed by atoms with Crippen LogP contribution >= 0.6 is 23.1 Å². The molecule has 0 unspecified atom stereocenters. The molecule has 0 bridgehead atoms. The van der Waals surface area contributed by atoms with Gasteiger partial charge in [0, 0.05) is 12.4 Å². The Labute approximate surface area is 105 Å². The second-order valence-corrected chi connectivity index (χ2v) is 5.69. The Morgan fingerprint density at radius 2 is 2.00 bits per heavy atom. The van der Waals surface area contributed by atoms with Gasteiger partial charge in [-0.3, -0.25) is 4.98 Å². The molecule has 0 saturated carbocycles. The summed E-state index contributed by atoms with van der Waals surface area (Å²) < 4.78 is 0.887. The molecule has 0 saturated heterocycles. The molecule has 17 heavy (non-hydrogen) atoms. The lowest BCUT2D eigenvalue weighted by molar-refractivity contribution is 0.981. The minimum atomic E-state index is 0.652. The van der Waals surface area contributed by atoms with Crippen molar-refractivity contribution in [1.29, 1.82) is 0 Å². The number of pyridine rings is 1. The Morgan fingerprint density at radius 3 is 2.82 bits per heavy atom. The van der Waals surface area contributed by atoms with Crippen molar-refractivity contribution in [2.45, 2.75) is 16.3 Å². The van der Waals surface area contributed by atoms with Crippen molar-refractivity contribution in [3.05, 3.63) is 29.5 Å². The molecule has 0 spiro atoms. The first kappa shape index (κ1) is 10.5. The summed E-state index contributed by atoms with van der Waals surface area (Å²) in [7, 11) is 0. The zero-order chi connectivity index (χ0) is 11.7. The van der Waals surface area contributed by atoms with Crippen LogP contribution in [-0.4, -0.2) is 25.1 Å². The van der Waals surface area contributed by atoms with E-state index in [0.717, 1.165) is 19.9 Å². The standard InChI is InChI=1S/C10H7N5S2/c1-6-14-15-10(16-6)17-8-3-2-7-9(13-8)12-5-4-11-7/h2-5H,1H3. The summed E-state index contributed by atoms with van der Waals surface area (Å²) in [6.45, 7) is 1.93. The van der Waals surface area contributed by atoms with Crippen molar-refractivity contribution < 1.29 is 0 Å². The molecule has 0 amide bonds. The van der Waals surface area contributed by atoms with Gasteiger partial charge < -0.3 is 0 Å². The average Bonchev–Trinajstić information content (AvgIpc) is 2.75. The molecule has 3 aromatic rings. The Balaban J connectivity index is 1.95. The van der Waals surface area contributed by atoms with Gasteiger partial charge in [-0.25, -0.2) is 9.97 Å². The van der Waals surface area contributed by atoms with Crippen molar-refractivity contribution >= 4 is 34.3 Å². The predicted octanol–water partition coefficient (Wildman–Crippen LogP) is 2.34. The molecule has 0 aliphatic carbocycles. The minimum absolute atomic E-state index is 0.652. The van der Waals surface area contributed by atoms with Crippen molar-refractivity contribution in [3.63, 3.8) is 0 Å². The molecule has 0 aliphatic rings. The number of nitrogens with zero attached hydrogens (tertiary/aromatic N) is 5. The second-order valence-electron chi connectivity index (χ2n) is 3.24. The lowest BCUT2D eigenvalue weighted by atomic mass is 10.4. The van der Waals surface area contributed by atoms with Crippen molar-refractivity contribution in [1.82, 2.24) is 25.1 Å². The van der Waals surface area contributed by atoms with E-state index < -0.39 is 0 Å². The van der Waals surface area contributed by atoms with E-state index in [9.17, 15) is 0 Å². The molecule has 3 heterocycles. The summed E-state index contributed by atoms with van der Waals surface area (Å²) in [5.74, 6) is 0. The van der Waals surface area contributed by atoms with E-state index in [0.29, 0.717) is 5.65 Å². The van der Waals surface area contributed by atoms with Crippen LogP contribution in [0.25, 0.3) is 11.2 Å². The van der Waals surface area contributed by atoms with E-state index in [2.05, 4.69) is 25.1 Å². The van der Waals surface area contributed by atoms with Gasteiger partial charge in [0.2, 0.25) is 0 Å². The highest BCUT2D eigenvalue weighted by molar-refractivity contribution is 8.01. The lowest BCUT2D eigenvalue weighted by Crippen LogP contribution is -1.87. The Kier molecular flexibility index (Phi) is 2.69. The number of hydrogen-bond donors (Lipinski definition) is 0. The largest absolute Gasteiger partial charge is 0.251 e. The molecule has 0 aliphatic heterocycles. The summed E-state index contributed by atoms with van der Waals surface area (Å²) in [6.07, 6.45) is 3.30. The Hall–Kier alpha value is -1.60. The average molecular weight is 261 g/mol. The molecule has 0 N–H and O–H groups in total. The van der Waals surface area contributed by atoms with Crippen LogP contribution in [-0.2, 0) is 0 Å². The maximum Gasteiger partial charge on any atom is 0.180 e. The van der Waals surface area contributed by atoms with Crippen molar-refractivity contribution in [2.24, 2.45) is 0 Å². The third-order valence-electron chi connectivity index (χ3n) is 2.01. The Morgan fingerprint density at radius 1 is 1.12 bits per heavy atom. The van der Waals surface area contributed by atoms with Crippen LogP contribution in [0.4, 0.5) is 0 Å². The molecule has 3 aromatic heterocycles. The van der Waals surface area contributed by atoms with Gasteiger partial charge in [0.1, 0.15) is 15.6 Å². The Bertz CT molecular complexity index is 666. The summed E-state index contributed by atoms with van der Waals surface area (Å²) in [5, 5.41) is 9.82. The fourth-order valence-electron chi connectivity index (χ4n) is 1.30. The molecule has 5 nitrogen and oxygen atoms in total. The summed E-state index contributed by atoms with van der Waals surface area (Å²) in [5.41, 5.74) is 1.45. The predicted molar refractivity (Wildman–Crippen MR) is 66.1 cm³/mol. The van der Waals surface area contributed by atoms with Crippen molar-refractivity contribution in [2.75, 3.05) is 0 Å². The molecule has 0 radical (unpaired) electrons. The molecule has 7 heteroatoms. The number of aryl methyl sites for hydroxylation is 1. The first-order valence-electron chi connectivity index (χ1n) is 4.87. The van der Waals surface area contributed by atoms with E-state index in [1.807, 2.05) is 19.1 Å². The van der Waals surface area contributed by atoms with E-state index in [1.165, 1.54) is 11.8 Å². The van der Waals surface area contributed by atoms with Gasteiger partial charge in [-0.1, -0.05) is 11.3 Å². The molecule has 3 rings (SSSR count). The van der Waals surface area contributed by atoms with Crippen LogP contribution < -0.4 is 0 Å². The van der Waals surface area contributed by atoms with Gasteiger partial charge in [-0.15, -0.1) is 10.2 Å². The van der Waals surface area contributed by atoms with Crippen molar-refractivity contribution in [3.8, 4) is 0 Å². The van der Waals surface area contributed by atoms with Crippen LogP contribution in [0.2, 0.25) is 0 Å². The normalized spacial score (nSPS) is 10.9. The molecular weight excluding hydrogens is 254 g/mol. The highest BCUT2D eigenvalue weighted by Crippen LogP contribution is 2.28. The zero-order valence-electron chi connectivity index (χ0n) is 8.86. The van der Waals surface area contributed by atoms with Crippen LogP contribution in [0.1, 0.15) is 5.01 Å². The number of fused-ring (bicyclic) bond motifs is 1. The number of rotatable bonds is 2. The summed E-state index contributed by atoms with van der Waals surface area (Å²) in [6, 6.07) is 3.82. The molecule has 84 valence electrons. The maximum atomic E-state index is 4.41. The van der Waals surface area contributed by atoms with Crippen LogP contribution in [0.3, 0.4) is 0 Å². The zero-order valence-corrected chi connectivity index (χ0v) is 10.5. The monoisotopic (exact) mass is 261 g/mol. The van der Waals surface area contributed by atoms with Gasteiger partial charge in [0.15, 0.2) is 9.99 Å². The minimum Gasteiger partial charge on any atom is -0.251 e. The highest BCUT2D eigenvalue weighted by atomic mass is 32.2. The summed E-state index contributed by atoms with van der Waals surface area (Å²) in [4.78, 5) is 12.8. The molecule has 0 aromatic carbocycles. The summed E-state index contributed by atoms with van der Waals surface area (Å²) >= 11 is 3.04. The van der Waals surface area contributed by atoms with Gasteiger partial charge >= 0.3 is 0 Å². The highest BCUT2D eigenvalue weighted by Gasteiger charge is 2.05. The number of hydrogen-bond acceptors (Lipinski definition) is 7. The third kappa shape index (κ3) is 2.25. The first-order valence-corrected chi connectivity index (χ1v) is 6.50. The lowest BCUT2D eigenvalue weighted by Gasteiger charge is -1.98. The smallest absolute Gasteiger partial charge is 0.180 e. The topological polar surface area (TPSA) is 64.5 Å². The fraction of sp³-hybridized carbons (Fsp3) is 0.100. The van der Waals surface area contributed by atoms with Gasteiger partial charge in [0.25, 0.3) is 0 Å². The molecule has 0 fully saturated rings. The third-order valence-corrected chi connectivity index (χ3v) is 3.83. The van der Waals surface area contributed by atoms with Gasteiger partial charge in [0.05, 0.1) is 0 Å². The fourth-order valence-corrected chi connectivity index (χ4v) is 3.03. The second kappa shape index (κ2) is 4.34. The van der Waals surface area contributed by atoms with Gasteiger partial charge in [-0.2, -0.15) is 0 Å². The maximum absolute atomic E-state index is 4.41. The number of aromatic nitrogens is 5. The van der Waals surface area contributed by atoms with E-state index in [-0.39, 0.29) is 0 Å². The van der Waals surface area contributed by atoms with Crippen LogP contribution in [0, 0.1) is 6.92 Å². The first-order chi connectivity index (χ1) is 8.31. The SMILES string of the molecule is Cc1nnc(Sc2ccc3nccnc3n2)s1. The van der Waals surface area contributed by atoms with E-state index in [4.69, 9.17) is 0 Å². The van der Waals surface area contributed by atoms with Crippen LogP contribution in [0.15, 0.2) is 33.9 Å². The van der Waals surface area contributed by atoms with E-state index in [1.54, 1.807) is 23.7 Å². The van der Waals surface area contributed by atoms with E-state index >= 15 is 0 Å². The molecular formula is C10H7N5S2. The molecule has 0 atom stereocenters. The van der Waals surface area contributed by atoms with Crippen LogP contribution in [0.5, 0.6) is 0 Å².